The summed E-state index contributed by atoms with van der Waals surface area (Å²) in [6.07, 6.45) is 2.42. The van der Waals surface area contributed by atoms with Crippen molar-refractivity contribution < 1.29 is 14.3 Å². The smallest absolute Gasteiger partial charge is 0.253 e. The lowest BCUT2D eigenvalue weighted by molar-refractivity contribution is -0.123. The molecule has 0 aliphatic carbocycles. The molecule has 2 aliphatic rings. The van der Waals surface area contributed by atoms with E-state index in [-0.39, 0.29) is 11.8 Å². The molecule has 8 nitrogen and oxygen atoms in total. The van der Waals surface area contributed by atoms with Crippen LogP contribution in [0.3, 0.4) is 0 Å². The maximum Gasteiger partial charge on any atom is 0.253 e. The Labute approximate surface area is 151 Å². The van der Waals surface area contributed by atoms with Gasteiger partial charge in [-0.3, -0.25) is 14.3 Å². The van der Waals surface area contributed by atoms with E-state index in [9.17, 15) is 9.59 Å². The highest BCUT2D eigenvalue weighted by atomic mass is 16.5. The molecule has 3 heterocycles. The number of aromatic nitrogens is 3. The molecule has 0 bridgehead atoms. The number of carbonyl (C=O) groups is 2. The molecule has 1 unspecified atom stereocenters. The Balaban J connectivity index is 1.42. The Bertz CT molecular complexity index is 837. The average Bonchev–Trinajstić information content (AvgIpc) is 3.19. The van der Waals surface area contributed by atoms with Crippen molar-refractivity contribution >= 4 is 11.8 Å². The predicted octanol–water partition coefficient (Wildman–Crippen LogP) is 0.949. The second-order valence-electron chi connectivity index (χ2n) is 6.86. The highest BCUT2D eigenvalue weighted by Gasteiger charge is 2.45. The van der Waals surface area contributed by atoms with E-state index in [1.807, 2.05) is 19.2 Å². The first-order chi connectivity index (χ1) is 12.5. The van der Waals surface area contributed by atoms with Gasteiger partial charge in [-0.05, 0) is 19.1 Å². The van der Waals surface area contributed by atoms with Gasteiger partial charge in [0.15, 0.2) is 5.82 Å². The van der Waals surface area contributed by atoms with Gasteiger partial charge in [0.1, 0.15) is 18.2 Å². The number of nitrogens with one attached hydrogen (secondary N) is 1. The van der Waals surface area contributed by atoms with Gasteiger partial charge in [-0.25, -0.2) is 4.98 Å². The fourth-order valence-corrected chi connectivity index (χ4v) is 3.48. The van der Waals surface area contributed by atoms with Crippen LogP contribution in [0.1, 0.15) is 30.1 Å². The second-order valence-corrected chi connectivity index (χ2v) is 6.86. The zero-order valence-corrected chi connectivity index (χ0v) is 14.8. The van der Waals surface area contributed by atoms with E-state index < -0.39 is 11.8 Å². The zero-order chi connectivity index (χ0) is 18.3. The van der Waals surface area contributed by atoms with E-state index in [1.54, 1.807) is 35.0 Å². The summed E-state index contributed by atoms with van der Waals surface area (Å²) in [6, 6.07) is 7.31. The minimum absolute atomic E-state index is 0.0160. The Morgan fingerprint density at radius 2 is 1.96 bits per heavy atom. The lowest BCUT2D eigenvalue weighted by Gasteiger charge is -2.38. The predicted molar refractivity (Wildman–Crippen MR) is 93.0 cm³/mol. The highest BCUT2D eigenvalue weighted by molar-refractivity contribution is 5.94. The van der Waals surface area contributed by atoms with Crippen LogP contribution in [0, 0.1) is 0 Å². The van der Waals surface area contributed by atoms with Crippen LogP contribution in [0.15, 0.2) is 30.6 Å². The quantitative estimate of drug-likeness (QED) is 0.866. The molecule has 2 aliphatic heterocycles. The summed E-state index contributed by atoms with van der Waals surface area (Å²) in [4.78, 5) is 30.5. The van der Waals surface area contributed by atoms with Crippen LogP contribution in [0.4, 0.5) is 0 Å². The summed E-state index contributed by atoms with van der Waals surface area (Å²) in [5, 5.41) is 7.19. The Morgan fingerprint density at radius 3 is 2.50 bits per heavy atom. The molecule has 2 fully saturated rings. The number of likely N-dealkylation sites (tertiary alicyclic amines) is 1. The molecule has 0 radical (unpaired) electrons. The molecule has 2 amide bonds. The van der Waals surface area contributed by atoms with Crippen LogP contribution >= 0.6 is 0 Å². The van der Waals surface area contributed by atoms with Crippen molar-refractivity contribution in [2.45, 2.75) is 31.6 Å². The fourth-order valence-electron chi connectivity index (χ4n) is 3.48. The third kappa shape index (κ3) is 2.96. The first-order valence-corrected chi connectivity index (χ1v) is 8.71. The molecule has 1 aromatic carbocycles. The highest BCUT2D eigenvalue weighted by Crippen LogP contribution is 2.30. The van der Waals surface area contributed by atoms with Crippen LogP contribution in [-0.2, 0) is 16.6 Å². The molecule has 136 valence electrons. The number of piperidine rings is 1. The fraction of sp³-hybridized carbons (Fsp3) is 0.444. The minimum Gasteiger partial charge on any atom is -0.343 e. The molecule has 26 heavy (non-hydrogen) atoms. The Hall–Kier alpha value is -2.74. The van der Waals surface area contributed by atoms with Gasteiger partial charge in [0.25, 0.3) is 11.8 Å². The summed E-state index contributed by atoms with van der Waals surface area (Å²) >= 11 is 0. The summed E-state index contributed by atoms with van der Waals surface area (Å²) in [5.41, 5.74) is 0.892. The average molecular weight is 355 g/mol. The number of ether oxygens (including phenoxy) is 1. The first kappa shape index (κ1) is 16.7. The van der Waals surface area contributed by atoms with Gasteiger partial charge in [-0.2, -0.15) is 5.10 Å². The SMILES string of the molecule is CC1OC2(CCN(C(=O)c3ccc(-c4ncn(C)n4)cc3)CC2)NC1=O. The maximum absolute atomic E-state index is 12.7. The van der Waals surface area contributed by atoms with Gasteiger partial charge in [0.2, 0.25) is 0 Å². The van der Waals surface area contributed by atoms with Crippen LogP contribution in [0.25, 0.3) is 11.4 Å². The van der Waals surface area contributed by atoms with Crippen molar-refractivity contribution in [2.24, 2.45) is 7.05 Å². The molecule has 2 aromatic rings. The number of hydrogen-bond donors (Lipinski definition) is 1. The molecular formula is C18H21N5O3. The van der Waals surface area contributed by atoms with Crippen LogP contribution in [0.2, 0.25) is 0 Å². The summed E-state index contributed by atoms with van der Waals surface area (Å²) < 4.78 is 7.43. The topological polar surface area (TPSA) is 89.3 Å². The van der Waals surface area contributed by atoms with Gasteiger partial charge in [0.05, 0.1) is 0 Å². The first-order valence-electron chi connectivity index (χ1n) is 8.71. The van der Waals surface area contributed by atoms with Crippen molar-refractivity contribution in [1.29, 1.82) is 0 Å². The molecule has 8 heteroatoms. The van der Waals surface area contributed by atoms with E-state index in [0.717, 1.165) is 5.56 Å². The van der Waals surface area contributed by atoms with E-state index in [4.69, 9.17) is 4.74 Å². The number of carbonyl (C=O) groups excluding carboxylic acids is 2. The van der Waals surface area contributed by atoms with Gasteiger partial charge in [-0.15, -0.1) is 0 Å². The molecule has 1 atom stereocenters. The number of benzene rings is 1. The van der Waals surface area contributed by atoms with E-state index in [1.165, 1.54) is 0 Å². The lowest BCUT2D eigenvalue weighted by atomic mass is 9.99. The zero-order valence-electron chi connectivity index (χ0n) is 14.8. The largest absolute Gasteiger partial charge is 0.343 e. The normalized spacial score (nSPS) is 21.8. The Kier molecular flexibility index (Phi) is 3.99. The van der Waals surface area contributed by atoms with Crippen LogP contribution in [-0.4, -0.2) is 56.4 Å². The number of nitrogens with zero attached hydrogens (tertiary/aromatic N) is 4. The van der Waals surface area contributed by atoms with Crippen molar-refractivity contribution in [1.82, 2.24) is 25.0 Å². The molecule has 0 saturated carbocycles. The summed E-state index contributed by atoms with van der Waals surface area (Å²) in [5.74, 6) is 0.538. The monoisotopic (exact) mass is 355 g/mol. The molecule has 1 spiro atoms. The van der Waals surface area contributed by atoms with Crippen molar-refractivity contribution in [3.05, 3.63) is 36.2 Å². The number of amides is 2. The Morgan fingerprint density at radius 1 is 1.27 bits per heavy atom. The van der Waals surface area contributed by atoms with E-state index >= 15 is 0 Å². The third-order valence-electron chi connectivity index (χ3n) is 4.97. The summed E-state index contributed by atoms with van der Waals surface area (Å²) in [6.45, 7) is 2.85. The second kappa shape index (κ2) is 6.21. The standard InChI is InChI=1S/C18H21N5O3/c1-12-16(24)20-18(26-12)7-9-23(10-8-18)17(25)14-5-3-13(4-6-14)15-19-11-22(2)21-15/h3-6,11-12H,7-10H2,1-2H3,(H,20,24). The molecule has 1 aromatic heterocycles. The molecule has 2 saturated heterocycles. The number of rotatable bonds is 2. The van der Waals surface area contributed by atoms with Gasteiger partial charge < -0.3 is 15.0 Å². The van der Waals surface area contributed by atoms with Gasteiger partial charge in [-0.1, -0.05) is 12.1 Å². The van der Waals surface area contributed by atoms with Crippen molar-refractivity contribution in [3.63, 3.8) is 0 Å². The third-order valence-corrected chi connectivity index (χ3v) is 4.97. The van der Waals surface area contributed by atoms with Gasteiger partial charge >= 0.3 is 0 Å². The molecule has 4 rings (SSSR count). The van der Waals surface area contributed by atoms with Crippen molar-refractivity contribution in [3.8, 4) is 11.4 Å². The number of aryl methyl sites for hydroxylation is 1. The van der Waals surface area contributed by atoms with E-state index in [2.05, 4.69) is 15.4 Å². The van der Waals surface area contributed by atoms with Crippen molar-refractivity contribution in [2.75, 3.05) is 13.1 Å². The lowest BCUT2D eigenvalue weighted by Crippen LogP contribution is -2.53. The molecular weight excluding hydrogens is 334 g/mol. The molecule has 1 N–H and O–H groups in total. The van der Waals surface area contributed by atoms with E-state index in [0.29, 0.717) is 37.3 Å². The van der Waals surface area contributed by atoms with Crippen LogP contribution in [0.5, 0.6) is 0 Å². The summed E-state index contributed by atoms with van der Waals surface area (Å²) in [7, 11) is 1.81. The van der Waals surface area contributed by atoms with Crippen LogP contribution < -0.4 is 5.32 Å². The number of hydrogen-bond acceptors (Lipinski definition) is 5. The maximum atomic E-state index is 12.7. The minimum atomic E-state index is -0.609. The van der Waals surface area contributed by atoms with Gasteiger partial charge in [0, 0.05) is 44.1 Å².